The Morgan fingerprint density at radius 3 is 2.07 bits per heavy atom. The molecule has 2 aliphatic rings. The lowest BCUT2D eigenvalue weighted by Crippen LogP contribution is -2.58. The molecule has 5 rings (SSSR count). The van der Waals surface area contributed by atoms with E-state index in [0.717, 1.165) is 0 Å². The number of halogens is 1. The van der Waals surface area contributed by atoms with E-state index >= 15 is 0 Å². The molecule has 0 amide bonds. The van der Waals surface area contributed by atoms with Crippen molar-refractivity contribution in [1.82, 2.24) is 0 Å². The monoisotopic (exact) mass is 596 g/mol. The van der Waals surface area contributed by atoms with Crippen molar-refractivity contribution < 1.29 is 47.9 Å². The second kappa shape index (κ2) is 11.4. The number of cyclic esters (lactones) is 2. The Morgan fingerprint density at radius 1 is 0.929 bits per heavy atom. The van der Waals surface area contributed by atoms with Gasteiger partial charge < -0.3 is 33.5 Å². The van der Waals surface area contributed by atoms with Gasteiger partial charge in [-0.1, -0.05) is 54.1 Å². The molecule has 42 heavy (non-hydrogen) atoms. The zero-order valence-corrected chi connectivity index (χ0v) is 24.0. The summed E-state index contributed by atoms with van der Waals surface area (Å²) in [6, 6.07) is 17.8. The van der Waals surface area contributed by atoms with Crippen LogP contribution in [0.25, 0.3) is 0 Å². The van der Waals surface area contributed by atoms with Crippen LogP contribution in [0.15, 0.2) is 66.7 Å². The number of methoxy groups -OCH3 is 1. The number of carbonyl (C=O) groups is 3. The van der Waals surface area contributed by atoms with E-state index in [1.807, 2.05) is 0 Å². The molecule has 3 aromatic carbocycles. The average molecular weight is 597 g/mol. The largest absolute Gasteiger partial charge is 0.495 e. The number of carbonyl (C=O) groups excluding carboxylic acids is 3. The van der Waals surface area contributed by atoms with Crippen LogP contribution in [0.4, 0.5) is 0 Å². The van der Waals surface area contributed by atoms with E-state index in [2.05, 4.69) is 0 Å². The van der Waals surface area contributed by atoms with Gasteiger partial charge in [0.1, 0.15) is 5.75 Å². The number of ether oxygens (including phenoxy) is 6. The van der Waals surface area contributed by atoms with Gasteiger partial charge in [-0.2, -0.15) is 0 Å². The van der Waals surface area contributed by atoms with Gasteiger partial charge in [-0.25, -0.2) is 14.4 Å². The fourth-order valence-electron chi connectivity index (χ4n) is 4.90. The van der Waals surface area contributed by atoms with E-state index in [4.69, 9.17) is 40.0 Å². The SMILES string of the molecule is COc1ccc(CC(OC(C)(C)C)(C(=O)OC2OC(=O)c3ccccc32)C(O)OC2OC(=O)c3ccccc32)cc1Cl. The maximum absolute atomic E-state index is 14.2. The number of rotatable bonds is 9. The Morgan fingerprint density at radius 2 is 1.50 bits per heavy atom. The minimum absolute atomic E-state index is 0.242. The molecule has 2 aliphatic heterocycles. The molecular formula is C31H29ClO10. The van der Waals surface area contributed by atoms with Gasteiger partial charge in [0.25, 0.3) is 6.29 Å². The van der Waals surface area contributed by atoms with E-state index in [9.17, 15) is 19.5 Å². The molecule has 220 valence electrons. The lowest BCUT2D eigenvalue weighted by molar-refractivity contribution is -0.302. The summed E-state index contributed by atoms with van der Waals surface area (Å²) >= 11 is 6.38. The lowest BCUT2D eigenvalue weighted by atomic mass is 9.91. The van der Waals surface area contributed by atoms with Crippen molar-refractivity contribution in [2.45, 2.75) is 57.3 Å². The summed E-state index contributed by atoms with van der Waals surface area (Å²) in [5.41, 5.74) is -1.66. The van der Waals surface area contributed by atoms with Gasteiger partial charge in [-0.15, -0.1) is 0 Å². The minimum atomic E-state index is -2.27. The predicted octanol–water partition coefficient (Wildman–Crippen LogP) is 5.06. The number of hydrogen-bond acceptors (Lipinski definition) is 10. The third-order valence-corrected chi connectivity index (χ3v) is 6.98. The molecule has 0 fully saturated rings. The highest BCUT2D eigenvalue weighted by Gasteiger charge is 2.55. The molecule has 0 saturated carbocycles. The van der Waals surface area contributed by atoms with Crippen molar-refractivity contribution >= 4 is 29.5 Å². The first-order chi connectivity index (χ1) is 19.9. The molecular weight excluding hydrogens is 568 g/mol. The third-order valence-electron chi connectivity index (χ3n) is 6.68. The van der Waals surface area contributed by atoms with E-state index in [0.29, 0.717) is 22.4 Å². The summed E-state index contributed by atoms with van der Waals surface area (Å²) < 4.78 is 33.8. The molecule has 4 atom stereocenters. The maximum atomic E-state index is 14.2. The number of benzene rings is 3. The first-order valence-corrected chi connectivity index (χ1v) is 13.5. The molecule has 2 heterocycles. The van der Waals surface area contributed by atoms with Crippen molar-refractivity contribution in [2.24, 2.45) is 0 Å². The second-order valence-corrected chi connectivity index (χ2v) is 11.2. The van der Waals surface area contributed by atoms with Gasteiger partial charge in [-0.05, 0) is 50.6 Å². The number of esters is 3. The van der Waals surface area contributed by atoms with Crippen molar-refractivity contribution in [3.8, 4) is 5.75 Å². The first-order valence-electron chi connectivity index (χ1n) is 13.1. The van der Waals surface area contributed by atoms with Crippen molar-refractivity contribution in [2.75, 3.05) is 7.11 Å². The van der Waals surface area contributed by atoms with Crippen molar-refractivity contribution in [3.63, 3.8) is 0 Å². The van der Waals surface area contributed by atoms with E-state index < -0.39 is 48.0 Å². The quantitative estimate of drug-likeness (QED) is 0.264. The fourth-order valence-corrected chi connectivity index (χ4v) is 5.18. The number of aliphatic hydroxyl groups is 1. The van der Waals surface area contributed by atoms with Crippen LogP contribution in [0.5, 0.6) is 5.75 Å². The molecule has 3 aromatic rings. The highest BCUT2D eigenvalue weighted by molar-refractivity contribution is 6.32. The van der Waals surface area contributed by atoms with Crippen LogP contribution in [0.2, 0.25) is 5.02 Å². The van der Waals surface area contributed by atoms with Gasteiger partial charge >= 0.3 is 17.9 Å². The highest BCUT2D eigenvalue weighted by Crippen LogP contribution is 2.40. The van der Waals surface area contributed by atoms with Crippen LogP contribution in [0.3, 0.4) is 0 Å². The Labute approximate surface area is 247 Å². The second-order valence-electron chi connectivity index (χ2n) is 10.8. The highest BCUT2D eigenvalue weighted by atomic mass is 35.5. The van der Waals surface area contributed by atoms with Gasteiger partial charge in [-0.3, -0.25) is 0 Å². The molecule has 1 N–H and O–H groups in total. The molecule has 0 aliphatic carbocycles. The van der Waals surface area contributed by atoms with Crippen LogP contribution >= 0.6 is 11.6 Å². The zero-order chi connectivity index (χ0) is 30.2. The van der Waals surface area contributed by atoms with Gasteiger partial charge in [0.2, 0.25) is 11.9 Å². The molecule has 0 saturated heterocycles. The molecule has 0 aromatic heterocycles. The zero-order valence-electron chi connectivity index (χ0n) is 23.3. The smallest absolute Gasteiger partial charge is 0.347 e. The van der Waals surface area contributed by atoms with Crippen molar-refractivity contribution in [1.29, 1.82) is 0 Å². The van der Waals surface area contributed by atoms with Crippen LogP contribution in [0.1, 0.15) is 70.8 Å². The Balaban J connectivity index is 1.55. The van der Waals surface area contributed by atoms with E-state index in [1.165, 1.54) is 7.11 Å². The van der Waals surface area contributed by atoms with Crippen LogP contribution in [-0.2, 0) is 34.9 Å². The predicted molar refractivity (Wildman–Crippen MR) is 148 cm³/mol. The summed E-state index contributed by atoms with van der Waals surface area (Å²) in [5, 5.41) is 12.0. The van der Waals surface area contributed by atoms with Gasteiger partial charge in [0.05, 0.1) is 28.9 Å². The standard InChI is InChI=1S/C31H29ClO10/c1-30(2,3)42-31(16-17-13-14-23(37-4)22(32)15-17,28(35)40-26-20-11-7-5-9-18(20)24(33)38-26)29(36)41-27-21-12-8-6-10-19(21)25(34)39-27/h5-15,26-28,35H,16H2,1-4H3. The summed E-state index contributed by atoms with van der Waals surface area (Å²) in [5.74, 6) is -2.02. The maximum Gasteiger partial charge on any atom is 0.347 e. The third kappa shape index (κ3) is 5.71. The lowest BCUT2D eigenvalue weighted by Gasteiger charge is -2.41. The molecule has 0 radical (unpaired) electrons. The van der Waals surface area contributed by atoms with E-state index in [-0.39, 0.29) is 22.6 Å². The summed E-state index contributed by atoms with van der Waals surface area (Å²) in [7, 11) is 1.46. The number of aliphatic hydroxyl groups excluding tert-OH is 1. The number of fused-ring (bicyclic) bond motifs is 2. The topological polar surface area (TPSA) is 127 Å². The molecule has 0 bridgehead atoms. The van der Waals surface area contributed by atoms with E-state index in [1.54, 1.807) is 87.5 Å². The Hall–Kier alpha value is -3.96. The fraction of sp³-hybridized carbons (Fsp3) is 0.323. The Bertz CT molecular complexity index is 1530. The van der Waals surface area contributed by atoms with Crippen molar-refractivity contribution in [3.05, 3.63) is 99.6 Å². The summed E-state index contributed by atoms with van der Waals surface area (Å²) in [4.78, 5) is 39.1. The molecule has 10 nitrogen and oxygen atoms in total. The molecule has 11 heteroatoms. The van der Waals surface area contributed by atoms with Crippen LogP contribution < -0.4 is 4.74 Å². The molecule has 0 spiro atoms. The van der Waals surface area contributed by atoms with Gasteiger partial charge in [0, 0.05) is 17.5 Å². The molecule has 4 unspecified atom stereocenters. The normalized spacial score (nSPS) is 19.7. The average Bonchev–Trinajstić information content (AvgIpc) is 3.43. The number of hydrogen-bond donors (Lipinski definition) is 1. The first kappa shape index (κ1) is 29.5. The minimum Gasteiger partial charge on any atom is -0.495 e. The summed E-state index contributed by atoms with van der Waals surface area (Å²) in [6.45, 7) is 5.04. The summed E-state index contributed by atoms with van der Waals surface area (Å²) in [6.07, 6.45) is -5.11. The Kier molecular flexibility index (Phi) is 8.00. The van der Waals surface area contributed by atoms with Crippen LogP contribution in [-0.4, -0.2) is 47.6 Å². The van der Waals surface area contributed by atoms with Crippen LogP contribution in [0, 0.1) is 0 Å². The van der Waals surface area contributed by atoms with Gasteiger partial charge in [0.15, 0.2) is 6.29 Å².